The summed E-state index contributed by atoms with van der Waals surface area (Å²) in [5.74, 6) is 0.467. The summed E-state index contributed by atoms with van der Waals surface area (Å²) in [6.45, 7) is 8.76. The Balaban J connectivity index is 2.02. The summed E-state index contributed by atoms with van der Waals surface area (Å²) in [7, 11) is 1.78. The number of nitrogens with zero attached hydrogens (tertiary/aromatic N) is 2. The zero-order valence-corrected chi connectivity index (χ0v) is 18.8. The van der Waals surface area contributed by atoms with Crippen LogP contribution in [0.3, 0.4) is 0 Å². The molecule has 0 bridgehead atoms. The summed E-state index contributed by atoms with van der Waals surface area (Å²) in [5, 5.41) is 2.14. The molecular formula is C28H28N2O. The molecule has 0 aliphatic carbocycles. The standard InChI is InChI=1S/C28H28N2O/c1-18(2)21-9-6-10-22(17-21)23(11-7-15-29-5)20(4)26-19(3)13-14-24-25-12-8-16-30-28(25)31-27(24)26/h6-18H,1-5H3/b11-7-,23-20-,29-15?. The normalized spacial score (nSPS) is 13.2. The molecule has 0 saturated carbocycles. The Morgan fingerprint density at radius 2 is 1.90 bits per heavy atom. The fourth-order valence-electron chi connectivity index (χ4n) is 4.10. The molecule has 0 N–H and O–H groups in total. The van der Waals surface area contributed by atoms with Crippen molar-refractivity contribution in [2.24, 2.45) is 4.99 Å². The summed E-state index contributed by atoms with van der Waals surface area (Å²) in [5.41, 5.74) is 8.71. The number of hydrogen-bond acceptors (Lipinski definition) is 3. The molecular weight excluding hydrogens is 380 g/mol. The molecule has 0 spiro atoms. The van der Waals surface area contributed by atoms with Crippen LogP contribution in [0.25, 0.3) is 33.2 Å². The first kappa shape index (κ1) is 20.8. The molecule has 0 saturated heterocycles. The van der Waals surface area contributed by atoms with Gasteiger partial charge in [-0.2, -0.15) is 0 Å². The van der Waals surface area contributed by atoms with Crippen LogP contribution in [-0.4, -0.2) is 18.2 Å². The second-order valence-corrected chi connectivity index (χ2v) is 8.18. The zero-order valence-electron chi connectivity index (χ0n) is 18.8. The molecule has 2 aromatic heterocycles. The summed E-state index contributed by atoms with van der Waals surface area (Å²) >= 11 is 0. The number of furan rings is 1. The van der Waals surface area contributed by atoms with Crippen molar-refractivity contribution in [2.45, 2.75) is 33.6 Å². The Kier molecular flexibility index (Phi) is 5.85. The molecule has 4 rings (SSSR count). The van der Waals surface area contributed by atoms with Crippen molar-refractivity contribution in [1.82, 2.24) is 4.98 Å². The molecule has 0 atom stereocenters. The van der Waals surface area contributed by atoms with Crippen molar-refractivity contribution in [2.75, 3.05) is 7.05 Å². The van der Waals surface area contributed by atoms with Crippen LogP contribution < -0.4 is 0 Å². The Bertz CT molecular complexity index is 1340. The lowest BCUT2D eigenvalue weighted by Gasteiger charge is -2.14. The third kappa shape index (κ3) is 3.96. The average Bonchev–Trinajstić information content (AvgIpc) is 3.15. The summed E-state index contributed by atoms with van der Waals surface area (Å²) in [6.07, 6.45) is 7.73. The third-order valence-electron chi connectivity index (χ3n) is 5.77. The topological polar surface area (TPSA) is 38.4 Å². The minimum Gasteiger partial charge on any atom is -0.437 e. The molecule has 0 unspecified atom stereocenters. The highest BCUT2D eigenvalue weighted by molar-refractivity contribution is 6.10. The molecule has 2 heterocycles. The van der Waals surface area contributed by atoms with Crippen molar-refractivity contribution in [3.63, 3.8) is 0 Å². The van der Waals surface area contributed by atoms with E-state index < -0.39 is 0 Å². The van der Waals surface area contributed by atoms with Gasteiger partial charge < -0.3 is 4.42 Å². The predicted octanol–water partition coefficient (Wildman–Crippen LogP) is 7.60. The quantitative estimate of drug-likeness (QED) is 0.194. The van der Waals surface area contributed by atoms with Gasteiger partial charge in [-0.1, -0.05) is 56.3 Å². The number of aromatic nitrogens is 1. The van der Waals surface area contributed by atoms with Gasteiger partial charge in [0.25, 0.3) is 0 Å². The molecule has 2 aromatic carbocycles. The van der Waals surface area contributed by atoms with Gasteiger partial charge in [-0.3, -0.25) is 4.99 Å². The van der Waals surface area contributed by atoms with E-state index in [9.17, 15) is 0 Å². The molecule has 31 heavy (non-hydrogen) atoms. The molecule has 0 radical (unpaired) electrons. The van der Waals surface area contributed by atoms with Gasteiger partial charge in [-0.25, -0.2) is 4.98 Å². The van der Waals surface area contributed by atoms with Gasteiger partial charge in [0.2, 0.25) is 5.71 Å². The Hall–Kier alpha value is -3.46. The number of hydrogen-bond donors (Lipinski definition) is 0. The van der Waals surface area contributed by atoms with Gasteiger partial charge in [0.1, 0.15) is 5.58 Å². The van der Waals surface area contributed by atoms with Gasteiger partial charge in [0.15, 0.2) is 0 Å². The Morgan fingerprint density at radius 3 is 2.68 bits per heavy atom. The minimum atomic E-state index is 0.467. The molecule has 156 valence electrons. The first-order valence-electron chi connectivity index (χ1n) is 10.7. The van der Waals surface area contributed by atoms with Gasteiger partial charge in [0, 0.05) is 35.8 Å². The number of pyridine rings is 1. The lowest BCUT2D eigenvalue weighted by atomic mass is 9.90. The molecule has 3 nitrogen and oxygen atoms in total. The highest BCUT2D eigenvalue weighted by Crippen LogP contribution is 2.38. The van der Waals surface area contributed by atoms with Crippen LogP contribution in [-0.2, 0) is 0 Å². The third-order valence-corrected chi connectivity index (χ3v) is 5.77. The molecule has 0 aliphatic heterocycles. The van der Waals surface area contributed by atoms with Gasteiger partial charge in [-0.15, -0.1) is 0 Å². The minimum absolute atomic E-state index is 0.467. The molecule has 0 fully saturated rings. The van der Waals surface area contributed by atoms with Crippen molar-refractivity contribution >= 4 is 39.4 Å². The number of rotatable bonds is 5. The zero-order chi connectivity index (χ0) is 22.0. The maximum Gasteiger partial charge on any atom is 0.227 e. The smallest absolute Gasteiger partial charge is 0.227 e. The lowest BCUT2D eigenvalue weighted by molar-refractivity contribution is 0.652. The van der Waals surface area contributed by atoms with Crippen LogP contribution in [0.1, 0.15) is 48.9 Å². The SMILES string of the molecule is CN=C/C=C\C(=C(/C)c1c(C)ccc2c1oc1ncccc12)c1cccc(C(C)C)c1. The summed E-state index contributed by atoms with van der Waals surface area (Å²) < 4.78 is 6.26. The maximum absolute atomic E-state index is 6.26. The monoisotopic (exact) mass is 408 g/mol. The van der Waals surface area contributed by atoms with E-state index in [1.807, 2.05) is 18.4 Å². The van der Waals surface area contributed by atoms with Gasteiger partial charge in [-0.05, 0) is 65.8 Å². The van der Waals surface area contributed by atoms with E-state index in [1.165, 1.54) is 22.3 Å². The summed E-state index contributed by atoms with van der Waals surface area (Å²) in [6, 6.07) is 17.1. The Morgan fingerprint density at radius 1 is 1.06 bits per heavy atom. The number of aliphatic imine (C=N–C) groups is 1. The van der Waals surface area contributed by atoms with Crippen LogP contribution >= 0.6 is 0 Å². The van der Waals surface area contributed by atoms with E-state index in [0.717, 1.165) is 27.5 Å². The van der Waals surface area contributed by atoms with Crippen LogP contribution in [0.5, 0.6) is 0 Å². The van der Waals surface area contributed by atoms with Gasteiger partial charge >= 0.3 is 0 Å². The second-order valence-electron chi connectivity index (χ2n) is 8.18. The predicted molar refractivity (Wildman–Crippen MR) is 133 cm³/mol. The average molecular weight is 409 g/mol. The number of benzene rings is 2. The first-order valence-corrected chi connectivity index (χ1v) is 10.7. The fourth-order valence-corrected chi connectivity index (χ4v) is 4.10. The fraction of sp³-hybridized carbons (Fsp3) is 0.214. The van der Waals surface area contributed by atoms with Crippen LogP contribution in [0.15, 0.2) is 76.3 Å². The number of allylic oxidation sites excluding steroid dienone is 4. The lowest BCUT2D eigenvalue weighted by Crippen LogP contribution is -1.94. The maximum atomic E-state index is 6.26. The van der Waals surface area contributed by atoms with Crippen molar-refractivity contribution < 1.29 is 4.42 Å². The van der Waals surface area contributed by atoms with E-state index in [4.69, 9.17) is 4.42 Å². The molecule has 3 heteroatoms. The van der Waals surface area contributed by atoms with Crippen molar-refractivity contribution in [3.8, 4) is 0 Å². The highest BCUT2D eigenvalue weighted by Gasteiger charge is 2.17. The van der Waals surface area contributed by atoms with Gasteiger partial charge in [0.05, 0.1) is 0 Å². The number of aryl methyl sites for hydroxylation is 1. The van der Waals surface area contributed by atoms with Crippen LogP contribution in [0.4, 0.5) is 0 Å². The van der Waals surface area contributed by atoms with E-state index in [-0.39, 0.29) is 0 Å². The van der Waals surface area contributed by atoms with E-state index in [0.29, 0.717) is 11.6 Å². The Labute approximate surface area is 183 Å². The van der Waals surface area contributed by atoms with Crippen LogP contribution in [0, 0.1) is 6.92 Å². The molecule has 4 aromatic rings. The first-order chi connectivity index (χ1) is 15.0. The second kappa shape index (κ2) is 8.73. The molecule has 0 amide bonds. The largest absolute Gasteiger partial charge is 0.437 e. The van der Waals surface area contributed by atoms with E-state index in [1.54, 1.807) is 13.2 Å². The highest BCUT2D eigenvalue weighted by atomic mass is 16.3. The van der Waals surface area contributed by atoms with Crippen molar-refractivity contribution in [1.29, 1.82) is 0 Å². The van der Waals surface area contributed by atoms with E-state index >= 15 is 0 Å². The van der Waals surface area contributed by atoms with Crippen LogP contribution in [0.2, 0.25) is 0 Å². The summed E-state index contributed by atoms with van der Waals surface area (Å²) in [4.78, 5) is 8.54. The van der Waals surface area contributed by atoms with Crippen molar-refractivity contribution in [3.05, 3.63) is 89.1 Å². The molecule has 0 aliphatic rings. The van der Waals surface area contributed by atoms with E-state index in [2.05, 4.69) is 86.2 Å². The number of fused-ring (bicyclic) bond motifs is 3.